The Morgan fingerprint density at radius 1 is 1.00 bits per heavy atom. The number of carbonyl (C=O) groups excluding carboxylic acids is 1. The van der Waals surface area contributed by atoms with Crippen molar-refractivity contribution in [3.63, 3.8) is 0 Å². The minimum atomic E-state index is -0.0404. The molecule has 0 spiro atoms. The largest absolute Gasteiger partial charge is 0.337 e. The van der Waals surface area contributed by atoms with Crippen molar-refractivity contribution in [1.29, 1.82) is 0 Å². The summed E-state index contributed by atoms with van der Waals surface area (Å²) in [4.78, 5) is 16.5. The highest BCUT2D eigenvalue weighted by Crippen LogP contribution is 2.23. The van der Waals surface area contributed by atoms with Gasteiger partial charge in [0.2, 0.25) is 0 Å². The van der Waals surface area contributed by atoms with Gasteiger partial charge in [-0.3, -0.25) is 4.79 Å². The fraction of sp³-hybridized carbons (Fsp3) is 0.450. The first-order valence-corrected chi connectivity index (χ1v) is 9.07. The normalized spacial score (nSPS) is 10.6. The molecule has 0 saturated carbocycles. The van der Waals surface area contributed by atoms with Crippen molar-refractivity contribution in [2.75, 3.05) is 24.5 Å². The molecule has 1 aromatic heterocycles. The van der Waals surface area contributed by atoms with Gasteiger partial charge >= 0.3 is 0 Å². The van der Waals surface area contributed by atoms with E-state index in [4.69, 9.17) is 0 Å². The second kappa shape index (κ2) is 9.16. The summed E-state index contributed by atoms with van der Waals surface area (Å²) in [5.74, 6) is 0.712. The van der Waals surface area contributed by atoms with E-state index in [1.807, 2.05) is 17.0 Å². The summed E-state index contributed by atoms with van der Waals surface area (Å²) in [6, 6.07) is 11.9. The topological polar surface area (TPSA) is 49.3 Å². The lowest BCUT2D eigenvalue weighted by atomic mass is 10.2. The summed E-state index contributed by atoms with van der Waals surface area (Å²) in [6.45, 7) is 10.6. The predicted molar refractivity (Wildman–Crippen MR) is 102 cm³/mol. The average molecular weight is 340 g/mol. The van der Waals surface area contributed by atoms with E-state index >= 15 is 0 Å². The van der Waals surface area contributed by atoms with Crippen molar-refractivity contribution in [3.8, 4) is 0 Å². The molecule has 2 aromatic rings. The maximum atomic E-state index is 12.6. The van der Waals surface area contributed by atoms with Gasteiger partial charge in [0.05, 0.1) is 0 Å². The molecule has 5 heteroatoms. The molecule has 0 aliphatic carbocycles. The van der Waals surface area contributed by atoms with Crippen molar-refractivity contribution < 1.29 is 4.79 Å². The zero-order valence-electron chi connectivity index (χ0n) is 15.7. The highest BCUT2D eigenvalue weighted by molar-refractivity contribution is 5.92. The number of rotatable bonds is 8. The monoisotopic (exact) mass is 340 g/mol. The van der Waals surface area contributed by atoms with Crippen molar-refractivity contribution >= 4 is 17.4 Å². The van der Waals surface area contributed by atoms with E-state index < -0.39 is 0 Å². The van der Waals surface area contributed by atoms with Crippen LogP contribution in [-0.4, -0.2) is 40.6 Å². The van der Waals surface area contributed by atoms with Crippen LogP contribution in [0.3, 0.4) is 0 Å². The number of hydrogen-bond donors (Lipinski definition) is 0. The molecule has 25 heavy (non-hydrogen) atoms. The quantitative estimate of drug-likeness (QED) is 0.722. The molecule has 0 N–H and O–H groups in total. The summed E-state index contributed by atoms with van der Waals surface area (Å²) < 4.78 is 0. The Labute approximate surface area is 150 Å². The molecule has 0 aliphatic heterocycles. The highest BCUT2D eigenvalue weighted by Gasteiger charge is 2.17. The lowest BCUT2D eigenvalue weighted by molar-refractivity contribution is 0.0748. The average Bonchev–Trinajstić information content (AvgIpc) is 2.62. The summed E-state index contributed by atoms with van der Waals surface area (Å²) in [6.07, 6.45) is 1.88. The van der Waals surface area contributed by atoms with E-state index in [1.165, 1.54) is 5.56 Å². The number of amides is 1. The van der Waals surface area contributed by atoms with Crippen molar-refractivity contribution in [2.24, 2.45) is 0 Å². The molecular formula is C20H28N4O. The summed E-state index contributed by atoms with van der Waals surface area (Å²) >= 11 is 0. The van der Waals surface area contributed by atoms with Crippen LogP contribution in [0.4, 0.5) is 11.5 Å². The molecule has 0 bridgehead atoms. The van der Waals surface area contributed by atoms with Gasteiger partial charge in [-0.05, 0) is 56.5 Å². The first-order valence-electron chi connectivity index (χ1n) is 9.07. The molecule has 0 unspecified atom stereocenters. The number of anilines is 2. The van der Waals surface area contributed by atoms with Crippen LogP contribution in [0, 0.1) is 6.92 Å². The lowest BCUT2D eigenvalue weighted by Gasteiger charge is -2.23. The molecule has 1 aromatic carbocycles. The van der Waals surface area contributed by atoms with Gasteiger partial charge in [-0.25, -0.2) is 0 Å². The Morgan fingerprint density at radius 2 is 1.72 bits per heavy atom. The van der Waals surface area contributed by atoms with Gasteiger partial charge in [-0.15, -0.1) is 10.2 Å². The molecule has 134 valence electrons. The lowest BCUT2D eigenvalue weighted by Crippen LogP contribution is -2.33. The summed E-state index contributed by atoms with van der Waals surface area (Å²) in [7, 11) is 0. The van der Waals surface area contributed by atoms with Gasteiger partial charge in [-0.2, -0.15) is 0 Å². The maximum absolute atomic E-state index is 12.6. The number of hydrogen-bond acceptors (Lipinski definition) is 4. The maximum Gasteiger partial charge on any atom is 0.274 e. The molecule has 0 atom stereocenters. The Bertz CT molecular complexity index is 678. The molecule has 1 amide bonds. The predicted octanol–water partition coefficient (Wildman–Crippen LogP) is 4.21. The van der Waals surface area contributed by atoms with Crippen LogP contribution in [0.5, 0.6) is 0 Å². The number of aryl methyl sites for hydroxylation is 1. The Kier molecular flexibility index (Phi) is 6.92. The van der Waals surface area contributed by atoms with E-state index in [0.717, 1.165) is 44.0 Å². The second-order valence-electron chi connectivity index (χ2n) is 6.15. The van der Waals surface area contributed by atoms with Gasteiger partial charge in [0.15, 0.2) is 11.5 Å². The van der Waals surface area contributed by atoms with E-state index in [2.05, 4.69) is 61.0 Å². The van der Waals surface area contributed by atoms with E-state index in [9.17, 15) is 4.79 Å². The number of benzene rings is 1. The van der Waals surface area contributed by atoms with Gasteiger partial charge < -0.3 is 9.80 Å². The molecule has 1 heterocycles. The molecular weight excluding hydrogens is 312 g/mol. The van der Waals surface area contributed by atoms with Gasteiger partial charge in [-0.1, -0.05) is 26.0 Å². The van der Waals surface area contributed by atoms with Crippen LogP contribution in [0.2, 0.25) is 0 Å². The molecule has 0 saturated heterocycles. The zero-order chi connectivity index (χ0) is 18.2. The zero-order valence-corrected chi connectivity index (χ0v) is 15.7. The van der Waals surface area contributed by atoms with Crippen molar-refractivity contribution in [1.82, 2.24) is 15.1 Å². The molecule has 2 rings (SSSR count). The van der Waals surface area contributed by atoms with E-state index in [1.54, 1.807) is 6.07 Å². The fourth-order valence-electron chi connectivity index (χ4n) is 2.87. The molecule has 0 fully saturated rings. The molecule has 5 nitrogen and oxygen atoms in total. The van der Waals surface area contributed by atoms with Crippen molar-refractivity contribution in [3.05, 3.63) is 47.7 Å². The van der Waals surface area contributed by atoms with E-state index in [-0.39, 0.29) is 5.91 Å². The third kappa shape index (κ3) is 4.78. The molecule has 0 radical (unpaired) electrons. The van der Waals surface area contributed by atoms with Gasteiger partial charge in [0.25, 0.3) is 5.91 Å². The Balaban J connectivity index is 2.21. The number of aromatic nitrogens is 2. The number of nitrogens with zero attached hydrogens (tertiary/aromatic N) is 4. The fourth-order valence-corrected chi connectivity index (χ4v) is 2.87. The van der Waals surface area contributed by atoms with Crippen LogP contribution in [0.1, 0.15) is 49.7 Å². The Hall–Kier alpha value is -2.43. The van der Waals surface area contributed by atoms with Crippen LogP contribution < -0.4 is 4.90 Å². The van der Waals surface area contributed by atoms with Gasteiger partial charge in [0.1, 0.15) is 0 Å². The minimum absolute atomic E-state index is 0.0404. The highest BCUT2D eigenvalue weighted by atomic mass is 16.2. The third-order valence-electron chi connectivity index (χ3n) is 4.05. The van der Waals surface area contributed by atoms with Gasteiger partial charge in [0, 0.05) is 25.3 Å². The number of carbonyl (C=O) groups is 1. The second-order valence-corrected chi connectivity index (χ2v) is 6.15. The standard InChI is InChI=1S/C20H28N4O/c1-5-13-23(14-6-2)20(25)18-11-12-19(22-21-18)24(7-3)17-10-8-9-16(4)15-17/h8-12,15H,5-7,13-14H2,1-4H3. The van der Waals surface area contributed by atoms with Crippen LogP contribution in [0.15, 0.2) is 36.4 Å². The first kappa shape index (κ1) is 18.9. The van der Waals surface area contributed by atoms with Crippen LogP contribution in [-0.2, 0) is 0 Å². The summed E-state index contributed by atoms with van der Waals surface area (Å²) in [5.41, 5.74) is 2.69. The minimum Gasteiger partial charge on any atom is -0.337 e. The van der Waals surface area contributed by atoms with Crippen LogP contribution in [0.25, 0.3) is 0 Å². The Morgan fingerprint density at radius 3 is 2.24 bits per heavy atom. The smallest absolute Gasteiger partial charge is 0.274 e. The van der Waals surface area contributed by atoms with Crippen LogP contribution >= 0.6 is 0 Å². The molecule has 0 aliphatic rings. The SMILES string of the molecule is CCCN(CCC)C(=O)c1ccc(N(CC)c2cccc(C)c2)nn1. The third-order valence-corrected chi connectivity index (χ3v) is 4.05. The first-order chi connectivity index (χ1) is 12.1. The van der Waals surface area contributed by atoms with E-state index in [0.29, 0.717) is 5.69 Å². The summed E-state index contributed by atoms with van der Waals surface area (Å²) in [5, 5.41) is 8.51. The van der Waals surface area contributed by atoms with Crippen molar-refractivity contribution in [2.45, 2.75) is 40.5 Å².